The monoisotopic (exact) mass is 537 g/mol. The summed E-state index contributed by atoms with van der Waals surface area (Å²) < 4.78 is 60.0. The number of rotatable bonds is 9. The number of aliphatic hydroxyl groups is 1. The van der Waals surface area contributed by atoms with Crippen LogP contribution in [-0.4, -0.2) is 44.6 Å². The number of aromatic nitrogens is 2. The highest BCUT2D eigenvalue weighted by Gasteiger charge is 2.31. The third kappa shape index (κ3) is 7.09. The van der Waals surface area contributed by atoms with Crippen molar-refractivity contribution in [2.75, 3.05) is 6.61 Å². The number of hydrogen-bond donors (Lipinski definition) is 3. The minimum Gasteiger partial charge on any atom is -0.481 e. The van der Waals surface area contributed by atoms with Crippen LogP contribution in [0.4, 0.5) is 17.6 Å². The van der Waals surface area contributed by atoms with E-state index in [1.165, 1.54) is 24.3 Å². The second-order valence-electron chi connectivity index (χ2n) is 9.67. The molecule has 1 amide bonds. The zero-order chi connectivity index (χ0) is 28.3. The Balaban J connectivity index is 1.92. The summed E-state index contributed by atoms with van der Waals surface area (Å²) in [6.45, 7) is 5.17. The number of amides is 1. The van der Waals surface area contributed by atoms with Gasteiger partial charge >= 0.3 is 12.1 Å². The largest absolute Gasteiger partial charge is 0.481 e. The van der Waals surface area contributed by atoms with Crippen LogP contribution in [0.1, 0.15) is 54.8 Å². The normalized spacial score (nSPS) is 13.6. The maximum absolute atomic E-state index is 14.5. The van der Waals surface area contributed by atoms with Crippen LogP contribution >= 0.6 is 0 Å². The predicted octanol–water partition coefficient (Wildman–Crippen LogP) is 4.76. The number of aliphatic hydroxyl groups excluding tert-OH is 1. The lowest BCUT2D eigenvalue weighted by Gasteiger charge is -2.25. The number of alkyl halides is 3. The molecule has 3 N–H and O–H groups in total. The number of halogens is 4. The fourth-order valence-corrected chi connectivity index (χ4v) is 3.35. The van der Waals surface area contributed by atoms with E-state index >= 15 is 0 Å². The van der Waals surface area contributed by atoms with Gasteiger partial charge in [0, 0.05) is 6.07 Å². The van der Waals surface area contributed by atoms with E-state index in [1.54, 1.807) is 26.8 Å². The van der Waals surface area contributed by atoms with E-state index in [0.29, 0.717) is 0 Å². The van der Waals surface area contributed by atoms with Gasteiger partial charge in [-0.1, -0.05) is 45.0 Å². The number of para-hydroxylation sites is 1. The minimum absolute atomic E-state index is 0.0448. The van der Waals surface area contributed by atoms with Crippen molar-refractivity contribution in [2.24, 2.45) is 5.41 Å². The number of benzene rings is 2. The maximum atomic E-state index is 14.5. The number of carboxylic acid groups (broad SMARTS) is 1. The summed E-state index contributed by atoms with van der Waals surface area (Å²) in [5.41, 5.74) is -1.64. The van der Waals surface area contributed by atoms with Gasteiger partial charge in [0.2, 0.25) is 5.88 Å². The maximum Gasteiger partial charge on any atom is 0.416 e. The molecule has 204 valence electrons. The molecule has 0 aliphatic rings. The molecule has 2 aromatic carbocycles. The Kier molecular flexibility index (Phi) is 8.45. The molecule has 0 saturated heterocycles. The van der Waals surface area contributed by atoms with Crippen molar-refractivity contribution in [3.05, 3.63) is 77.2 Å². The quantitative estimate of drug-likeness (QED) is 0.339. The number of carbonyl (C=O) groups excluding carboxylic acids is 1. The second-order valence-corrected chi connectivity index (χ2v) is 9.67. The third-order valence-electron chi connectivity index (χ3n) is 5.70. The van der Waals surface area contributed by atoms with Gasteiger partial charge in [-0.05, 0) is 35.2 Å². The molecule has 38 heavy (non-hydrogen) atoms. The van der Waals surface area contributed by atoms with Crippen LogP contribution in [0.25, 0.3) is 5.69 Å². The van der Waals surface area contributed by atoms with Crippen LogP contribution in [-0.2, 0) is 11.0 Å². The fourth-order valence-electron chi connectivity index (χ4n) is 3.35. The van der Waals surface area contributed by atoms with E-state index in [-0.39, 0.29) is 29.4 Å². The van der Waals surface area contributed by atoms with Gasteiger partial charge < -0.3 is 20.3 Å². The minimum atomic E-state index is -4.58. The van der Waals surface area contributed by atoms with Crippen molar-refractivity contribution in [1.82, 2.24) is 15.1 Å². The van der Waals surface area contributed by atoms with Crippen molar-refractivity contribution in [1.29, 1.82) is 0 Å². The zero-order valence-corrected chi connectivity index (χ0v) is 20.8. The predicted molar refractivity (Wildman–Crippen MR) is 128 cm³/mol. The van der Waals surface area contributed by atoms with Gasteiger partial charge in [-0.3, -0.25) is 9.59 Å². The molecule has 0 bridgehead atoms. The first-order valence-electron chi connectivity index (χ1n) is 11.5. The lowest BCUT2D eigenvalue weighted by molar-refractivity contribution is -0.138. The van der Waals surface area contributed by atoms with Crippen LogP contribution < -0.4 is 10.1 Å². The smallest absolute Gasteiger partial charge is 0.416 e. The van der Waals surface area contributed by atoms with E-state index in [1.807, 2.05) is 0 Å². The SMILES string of the molecule is CC(C)(C)[C@H](O)COc1cc(C(=O)N[C@@H](CC(=O)O)c2ccc(C(F)(F)F)cc2)nn1-c1ccccc1F. The van der Waals surface area contributed by atoms with Gasteiger partial charge in [0.05, 0.1) is 24.1 Å². The summed E-state index contributed by atoms with van der Waals surface area (Å²) in [6, 6.07) is 9.32. The molecule has 3 rings (SSSR count). The molecule has 0 fully saturated rings. The van der Waals surface area contributed by atoms with Crippen molar-refractivity contribution < 1.29 is 42.1 Å². The van der Waals surface area contributed by atoms with Crippen LogP contribution in [0.2, 0.25) is 0 Å². The van der Waals surface area contributed by atoms with Crippen LogP contribution in [0.3, 0.4) is 0 Å². The van der Waals surface area contributed by atoms with E-state index in [4.69, 9.17) is 4.74 Å². The Morgan fingerprint density at radius 1 is 1.08 bits per heavy atom. The lowest BCUT2D eigenvalue weighted by Crippen LogP contribution is -2.32. The Bertz CT molecular complexity index is 1280. The molecule has 12 heteroatoms. The summed E-state index contributed by atoms with van der Waals surface area (Å²) in [4.78, 5) is 24.5. The molecule has 1 heterocycles. The van der Waals surface area contributed by atoms with Gasteiger partial charge in [-0.25, -0.2) is 4.39 Å². The topological polar surface area (TPSA) is 114 Å². The van der Waals surface area contributed by atoms with Crippen molar-refractivity contribution >= 4 is 11.9 Å². The number of ether oxygens (including phenoxy) is 1. The molecular weight excluding hydrogens is 510 g/mol. The van der Waals surface area contributed by atoms with Gasteiger partial charge in [-0.2, -0.15) is 23.0 Å². The highest BCUT2D eigenvalue weighted by molar-refractivity contribution is 5.93. The summed E-state index contributed by atoms with van der Waals surface area (Å²) in [6.07, 6.45) is -6.12. The zero-order valence-electron chi connectivity index (χ0n) is 20.8. The molecule has 2 atom stereocenters. The van der Waals surface area contributed by atoms with E-state index in [0.717, 1.165) is 28.9 Å². The molecule has 0 aliphatic carbocycles. The molecule has 8 nitrogen and oxygen atoms in total. The average Bonchev–Trinajstić information content (AvgIpc) is 3.25. The third-order valence-corrected chi connectivity index (χ3v) is 5.70. The van der Waals surface area contributed by atoms with Gasteiger partial charge in [0.25, 0.3) is 5.91 Å². The first kappa shape index (κ1) is 28.6. The second kappa shape index (κ2) is 11.2. The number of carbonyl (C=O) groups is 2. The first-order chi connectivity index (χ1) is 17.7. The van der Waals surface area contributed by atoms with Crippen LogP contribution in [0, 0.1) is 11.2 Å². The summed E-state index contributed by atoms with van der Waals surface area (Å²) in [5, 5.41) is 26.2. The Hall–Kier alpha value is -3.93. The van der Waals surface area contributed by atoms with Gasteiger partial charge in [0.1, 0.15) is 18.1 Å². The van der Waals surface area contributed by atoms with E-state index in [2.05, 4.69) is 10.4 Å². The summed E-state index contributed by atoms with van der Waals surface area (Å²) in [7, 11) is 0. The average molecular weight is 538 g/mol. The van der Waals surface area contributed by atoms with E-state index < -0.39 is 53.4 Å². The molecule has 0 radical (unpaired) electrons. The Labute approximate surface area is 215 Å². The number of aliphatic carboxylic acids is 1. The molecule has 0 aliphatic heterocycles. The van der Waals surface area contributed by atoms with Crippen molar-refractivity contribution in [3.63, 3.8) is 0 Å². The fraction of sp³-hybridized carbons (Fsp3) is 0.346. The summed E-state index contributed by atoms with van der Waals surface area (Å²) in [5.74, 6) is -2.90. The van der Waals surface area contributed by atoms with Gasteiger partial charge in [-0.15, -0.1) is 0 Å². The van der Waals surface area contributed by atoms with E-state index in [9.17, 15) is 37.4 Å². The number of hydrogen-bond acceptors (Lipinski definition) is 5. The Morgan fingerprint density at radius 3 is 2.26 bits per heavy atom. The molecule has 0 spiro atoms. The van der Waals surface area contributed by atoms with Crippen molar-refractivity contribution in [2.45, 2.75) is 45.5 Å². The molecule has 0 saturated carbocycles. The first-order valence-corrected chi connectivity index (χ1v) is 11.5. The standard InChI is InChI=1S/C26H27F4N3O5/c1-25(2,3)21(34)14-38-22-12-19(32-33(22)20-7-5-4-6-17(20)27)24(37)31-18(13-23(35)36)15-8-10-16(11-9-15)26(28,29)30/h4-12,18,21,34H,13-14H2,1-3H3,(H,31,37)(H,35,36)/t18-,21+/m0/s1. The Morgan fingerprint density at radius 2 is 1.71 bits per heavy atom. The van der Waals surface area contributed by atoms with Crippen LogP contribution in [0.15, 0.2) is 54.6 Å². The number of nitrogens with zero attached hydrogens (tertiary/aromatic N) is 2. The molecule has 0 unspecified atom stereocenters. The molecular formula is C26H27F4N3O5. The number of carboxylic acids is 1. The number of nitrogens with one attached hydrogen (secondary N) is 1. The highest BCUT2D eigenvalue weighted by atomic mass is 19.4. The highest BCUT2D eigenvalue weighted by Crippen LogP contribution is 2.31. The van der Waals surface area contributed by atoms with Gasteiger partial charge in [0.15, 0.2) is 5.69 Å². The van der Waals surface area contributed by atoms with Crippen LogP contribution in [0.5, 0.6) is 5.88 Å². The molecule has 3 aromatic rings. The molecule has 1 aromatic heterocycles. The van der Waals surface area contributed by atoms with Crippen molar-refractivity contribution in [3.8, 4) is 11.6 Å². The lowest BCUT2D eigenvalue weighted by atomic mass is 9.90. The summed E-state index contributed by atoms with van der Waals surface area (Å²) >= 11 is 0.